The molecule has 1 amide bonds. The topological polar surface area (TPSA) is 42.0 Å². The van der Waals surface area contributed by atoms with Crippen LogP contribution in [0.2, 0.25) is 5.02 Å². The number of rotatable bonds is 5. The summed E-state index contributed by atoms with van der Waals surface area (Å²) in [5, 5.41) is 4.58. The standard InChI is InChI=1S/C23H17ClN2OS/c24-19-12-7-16(8-13-19)9-14-22(27)25-15-17-5-10-18(11-6-17)23-26-20-3-1-2-4-21(20)28-23/h1-14H,15H2,(H,25,27). The van der Waals surface area contributed by atoms with Gasteiger partial charge in [-0.15, -0.1) is 11.3 Å². The first-order valence-corrected chi connectivity index (χ1v) is 10.0. The molecule has 0 aliphatic rings. The number of thiazole rings is 1. The molecular formula is C23H17ClN2OS. The number of nitrogens with one attached hydrogen (secondary N) is 1. The average molecular weight is 405 g/mol. The Balaban J connectivity index is 1.36. The molecule has 0 radical (unpaired) electrons. The van der Waals surface area contributed by atoms with Crippen LogP contribution in [0.1, 0.15) is 11.1 Å². The van der Waals surface area contributed by atoms with E-state index in [1.54, 1.807) is 29.5 Å². The lowest BCUT2D eigenvalue weighted by atomic mass is 10.1. The van der Waals surface area contributed by atoms with Gasteiger partial charge in [-0.25, -0.2) is 4.98 Å². The Morgan fingerprint density at radius 2 is 1.75 bits per heavy atom. The molecule has 0 saturated heterocycles. The molecule has 1 heterocycles. The molecule has 3 aromatic carbocycles. The van der Waals surface area contributed by atoms with Crippen LogP contribution in [0, 0.1) is 0 Å². The summed E-state index contributed by atoms with van der Waals surface area (Å²) >= 11 is 7.54. The van der Waals surface area contributed by atoms with Crippen LogP contribution in [0.3, 0.4) is 0 Å². The lowest BCUT2D eigenvalue weighted by Crippen LogP contribution is -2.20. The first-order valence-electron chi connectivity index (χ1n) is 8.84. The number of nitrogens with zero attached hydrogens (tertiary/aromatic N) is 1. The molecule has 4 rings (SSSR count). The maximum absolute atomic E-state index is 12.0. The number of carbonyl (C=O) groups excluding carboxylic acids is 1. The van der Waals surface area contributed by atoms with Crippen molar-refractivity contribution in [1.29, 1.82) is 0 Å². The van der Waals surface area contributed by atoms with Gasteiger partial charge in [0, 0.05) is 23.2 Å². The van der Waals surface area contributed by atoms with Crippen LogP contribution < -0.4 is 5.32 Å². The molecule has 4 aromatic rings. The molecule has 1 aromatic heterocycles. The van der Waals surface area contributed by atoms with E-state index in [0.717, 1.165) is 27.2 Å². The summed E-state index contributed by atoms with van der Waals surface area (Å²) in [7, 11) is 0. The third-order valence-electron chi connectivity index (χ3n) is 4.26. The van der Waals surface area contributed by atoms with Gasteiger partial charge >= 0.3 is 0 Å². The molecule has 0 aliphatic carbocycles. The first-order chi connectivity index (χ1) is 13.7. The predicted molar refractivity (Wildman–Crippen MR) is 117 cm³/mol. The van der Waals surface area contributed by atoms with Gasteiger partial charge in [-0.3, -0.25) is 4.79 Å². The minimum absolute atomic E-state index is 0.134. The monoisotopic (exact) mass is 404 g/mol. The smallest absolute Gasteiger partial charge is 0.244 e. The second-order valence-electron chi connectivity index (χ2n) is 6.29. The van der Waals surface area contributed by atoms with Crippen LogP contribution in [-0.2, 0) is 11.3 Å². The normalized spacial score (nSPS) is 11.2. The zero-order valence-electron chi connectivity index (χ0n) is 14.9. The quantitative estimate of drug-likeness (QED) is 0.418. The highest BCUT2D eigenvalue weighted by atomic mass is 35.5. The lowest BCUT2D eigenvalue weighted by Gasteiger charge is -2.04. The number of fused-ring (bicyclic) bond motifs is 1. The van der Waals surface area contributed by atoms with Crippen LogP contribution in [0.15, 0.2) is 78.9 Å². The summed E-state index contributed by atoms with van der Waals surface area (Å²) in [6.07, 6.45) is 3.29. The molecule has 5 heteroatoms. The molecule has 1 N–H and O–H groups in total. The fraction of sp³-hybridized carbons (Fsp3) is 0.0435. The van der Waals surface area contributed by atoms with E-state index in [1.165, 1.54) is 10.8 Å². The van der Waals surface area contributed by atoms with Crippen molar-refractivity contribution in [3.8, 4) is 10.6 Å². The van der Waals surface area contributed by atoms with E-state index >= 15 is 0 Å². The van der Waals surface area contributed by atoms with Gasteiger partial charge in [0.05, 0.1) is 10.2 Å². The zero-order chi connectivity index (χ0) is 19.3. The van der Waals surface area contributed by atoms with E-state index in [4.69, 9.17) is 11.6 Å². The van der Waals surface area contributed by atoms with Crippen molar-refractivity contribution in [3.05, 3.63) is 95.0 Å². The molecule has 0 fully saturated rings. The van der Waals surface area contributed by atoms with Gasteiger partial charge in [0.15, 0.2) is 0 Å². The summed E-state index contributed by atoms with van der Waals surface area (Å²) < 4.78 is 1.18. The zero-order valence-corrected chi connectivity index (χ0v) is 16.5. The van der Waals surface area contributed by atoms with Gasteiger partial charge in [-0.1, -0.05) is 60.1 Å². The fourth-order valence-electron chi connectivity index (χ4n) is 2.75. The summed E-state index contributed by atoms with van der Waals surface area (Å²) in [6.45, 7) is 0.476. The summed E-state index contributed by atoms with van der Waals surface area (Å²) in [5.41, 5.74) is 4.07. The molecule has 0 unspecified atom stereocenters. The molecule has 0 atom stereocenters. The van der Waals surface area contributed by atoms with E-state index in [0.29, 0.717) is 11.6 Å². The SMILES string of the molecule is O=C(C=Cc1ccc(Cl)cc1)NCc1ccc(-c2nc3ccccc3s2)cc1. The van der Waals surface area contributed by atoms with Crippen LogP contribution in [0.25, 0.3) is 26.9 Å². The number of para-hydroxylation sites is 1. The largest absolute Gasteiger partial charge is 0.348 e. The first kappa shape index (κ1) is 18.4. The summed E-state index contributed by atoms with van der Waals surface area (Å²) in [4.78, 5) is 16.7. The highest BCUT2D eigenvalue weighted by Crippen LogP contribution is 2.29. The molecule has 0 saturated carbocycles. The maximum Gasteiger partial charge on any atom is 0.244 e. The number of carbonyl (C=O) groups is 1. The van der Waals surface area contributed by atoms with Crippen molar-refractivity contribution >= 4 is 45.1 Å². The minimum atomic E-state index is -0.134. The van der Waals surface area contributed by atoms with Crippen LogP contribution in [-0.4, -0.2) is 10.9 Å². The molecule has 0 bridgehead atoms. The highest BCUT2D eigenvalue weighted by molar-refractivity contribution is 7.21. The van der Waals surface area contributed by atoms with Crippen LogP contribution in [0.5, 0.6) is 0 Å². The van der Waals surface area contributed by atoms with E-state index in [-0.39, 0.29) is 5.91 Å². The molecule has 28 heavy (non-hydrogen) atoms. The Hall–Kier alpha value is -2.95. The van der Waals surface area contributed by atoms with E-state index in [9.17, 15) is 4.79 Å². The van der Waals surface area contributed by atoms with Gasteiger partial charge in [0.2, 0.25) is 5.91 Å². The molecular weight excluding hydrogens is 388 g/mol. The Kier molecular flexibility index (Phi) is 5.51. The maximum atomic E-state index is 12.0. The van der Waals surface area contributed by atoms with Crippen LogP contribution >= 0.6 is 22.9 Å². The van der Waals surface area contributed by atoms with Crippen molar-refractivity contribution < 1.29 is 4.79 Å². The van der Waals surface area contributed by atoms with Gasteiger partial charge in [0.25, 0.3) is 0 Å². The summed E-state index contributed by atoms with van der Waals surface area (Å²) in [5.74, 6) is -0.134. The van der Waals surface area contributed by atoms with Crippen molar-refractivity contribution in [3.63, 3.8) is 0 Å². The van der Waals surface area contributed by atoms with Crippen molar-refractivity contribution in [2.45, 2.75) is 6.54 Å². The van der Waals surface area contributed by atoms with E-state index in [1.807, 2.05) is 54.6 Å². The second-order valence-corrected chi connectivity index (χ2v) is 7.75. The number of aromatic nitrogens is 1. The van der Waals surface area contributed by atoms with Crippen molar-refractivity contribution in [2.24, 2.45) is 0 Å². The van der Waals surface area contributed by atoms with Crippen LogP contribution in [0.4, 0.5) is 0 Å². The minimum Gasteiger partial charge on any atom is -0.348 e. The van der Waals surface area contributed by atoms with E-state index < -0.39 is 0 Å². The van der Waals surface area contributed by atoms with Gasteiger partial charge in [-0.2, -0.15) is 0 Å². The Morgan fingerprint density at radius 3 is 2.50 bits per heavy atom. The van der Waals surface area contributed by atoms with Gasteiger partial charge < -0.3 is 5.32 Å². The third-order valence-corrected chi connectivity index (χ3v) is 5.60. The third kappa shape index (κ3) is 4.47. The average Bonchev–Trinajstić information content (AvgIpc) is 3.16. The second kappa shape index (κ2) is 8.38. The Labute approximate surface area is 172 Å². The van der Waals surface area contributed by atoms with Crippen molar-refractivity contribution in [1.82, 2.24) is 10.3 Å². The number of halogens is 1. The van der Waals surface area contributed by atoms with Gasteiger partial charge in [-0.05, 0) is 41.5 Å². The molecule has 138 valence electrons. The molecule has 3 nitrogen and oxygen atoms in total. The lowest BCUT2D eigenvalue weighted by molar-refractivity contribution is -0.116. The highest BCUT2D eigenvalue weighted by Gasteiger charge is 2.06. The Morgan fingerprint density at radius 1 is 1.00 bits per heavy atom. The van der Waals surface area contributed by atoms with E-state index in [2.05, 4.69) is 16.4 Å². The molecule has 0 aliphatic heterocycles. The fourth-order valence-corrected chi connectivity index (χ4v) is 3.85. The van der Waals surface area contributed by atoms with Gasteiger partial charge in [0.1, 0.15) is 5.01 Å². The number of hydrogen-bond donors (Lipinski definition) is 1. The molecule has 0 spiro atoms. The summed E-state index contributed by atoms with van der Waals surface area (Å²) in [6, 6.07) is 23.6. The van der Waals surface area contributed by atoms with Crippen molar-refractivity contribution in [2.75, 3.05) is 0 Å². The predicted octanol–water partition coefficient (Wildman–Crippen LogP) is 5.95. The number of benzene rings is 3. The number of amides is 1. The Bertz CT molecular complexity index is 1100. The number of hydrogen-bond acceptors (Lipinski definition) is 3.